The van der Waals surface area contributed by atoms with Gasteiger partial charge in [-0.2, -0.15) is 0 Å². The summed E-state index contributed by atoms with van der Waals surface area (Å²) in [5.74, 6) is 0.897. The summed E-state index contributed by atoms with van der Waals surface area (Å²) in [5, 5.41) is 15.0. The summed E-state index contributed by atoms with van der Waals surface area (Å²) in [6.07, 6.45) is 6.86. The lowest BCUT2D eigenvalue weighted by molar-refractivity contribution is 0.525. The van der Waals surface area contributed by atoms with E-state index in [-0.39, 0.29) is 0 Å². The van der Waals surface area contributed by atoms with Crippen LogP contribution in [0.4, 0.5) is 5.69 Å². The van der Waals surface area contributed by atoms with E-state index in [9.17, 15) is 0 Å². The molecule has 0 radical (unpaired) electrons. The average molecular weight is 271 g/mol. The first-order valence-corrected chi connectivity index (χ1v) is 7.37. The Labute approximate surface area is 119 Å². The molecule has 2 atom stereocenters. The van der Waals surface area contributed by atoms with Gasteiger partial charge in [-0.3, -0.25) is 0 Å². The Kier molecular flexibility index (Phi) is 3.67. The molecule has 3 rings (SSSR count). The Morgan fingerprint density at radius 2 is 2.25 bits per heavy atom. The van der Waals surface area contributed by atoms with E-state index in [1.165, 1.54) is 36.9 Å². The second-order valence-electron chi connectivity index (χ2n) is 5.68. The van der Waals surface area contributed by atoms with Crippen LogP contribution < -0.4 is 5.32 Å². The maximum absolute atomic E-state index is 3.94. The van der Waals surface area contributed by atoms with Gasteiger partial charge in [0, 0.05) is 11.7 Å². The van der Waals surface area contributed by atoms with Crippen LogP contribution >= 0.6 is 0 Å². The molecule has 2 aromatic rings. The third-order valence-corrected chi connectivity index (χ3v) is 4.28. The van der Waals surface area contributed by atoms with E-state index in [4.69, 9.17) is 0 Å². The van der Waals surface area contributed by atoms with Gasteiger partial charge in [0.05, 0.1) is 5.69 Å². The lowest BCUT2D eigenvalue weighted by atomic mass is 10.1. The predicted octanol–water partition coefficient (Wildman–Crippen LogP) is 2.96. The molecule has 1 heterocycles. The molecular weight excluding hydrogens is 250 g/mol. The molecule has 1 saturated carbocycles. The fourth-order valence-electron chi connectivity index (χ4n) is 3.09. The quantitative estimate of drug-likeness (QED) is 0.929. The lowest BCUT2D eigenvalue weighted by Crippen LogP contribution is -2.15. The number of rotatable bonds is 4. The summed E-state index contributed by atoms with van der Waals surface area (Å²) in [5.41, 5.74) is 3.40. The first kappa shape index (κ1) is 13.1. The van der Waals surface area contributed by atoms with Crippen LogP contribution in [0.3, 0.4) is 0 Å². The van der Waals surface area contributed by atoms with Crippen molar-refractivity contribution in [2.45, 2.75) is 45.6 Å². The second-order valence-corrected chi connectivity index (χ2v) is 5.68. The number of hydrogen-bond acceptors (Lipinski definition) is 4. The van der Waals surface area contributed by atoms with Gasteiger partial charge in [-0.1, -0.05) is 13.3 Å². The van der Waals surface area contributed by atoms with E-state index in [0.717, 1.165) is 11.6 Å². The Hall–Kier alpha value is -1.91. The highest BCUT2D eigenvalue weighted by Crippen LogP contribution is 2.30. The molecule has 2 unspecified atom stereocenters. The summed E-state index contributed by atoms with van der Waals surface area (Å²) in [7, 11) is 0. The molecular formula is C15H21N5. The minimum atomic E-state index is 0.623. The van der Waals surface area contributed by atoms with Crippen molar-refractivity contribution in [1.82, 2.24) is 20.2 Å². The maximum atomic E-state index is 3.94. The van der Waals surface area contributed by atoms with Crippen molar-refractivity contribution in [3.05, 3.63) is 30.1 Å². The standard InChI is InChI=1S/C15H21N5/c1-3-12-4-5-14(9-12)17-13-6-7-15(11(2)8-13)20-10-16-18-19-20/h6-8,10,12,14,17H,3-5,9H2,1-2H3. The topological polar surface area (TPSA) is 55.6 Å². The van der Waals surface area contributed by atoms with Crippen LogP contribution in [0.1, 0.15) is 38.2 Å². The van der Waals surface area contributed by atoms with Crippen molar-refractivity contribution >= 4 is 5.69 Å². The van der Waals surface area contributed by atoms with Crippen molar-refractivity contribution in [1.29, 1.82) is 0 Å². The highest BCUT2D eigenvalue weighted by Gasteiger charge is 2.23. The third kappa shape index (κ3) is 2.66. The Morgan fingerprint density at radius 1 is 1.35 bits per heavy atom. The molecule has 0 saturated heterocycles. The van der Waals surface area contributed by atoms with Gasteiger partial charge in [0.1, 0.15) is 6.33 Å². The molecule has 0 amide bonds. The molecule has 1 aliphatic rings. The average Bonchev–Trinajstić information content (AvgIpc) is 3.10. The molecule has 0 aliphatic heterocycles. The summed E-state index contributed by atoms with van der Waals surface area (Å²) in [6.45, 7) is 4.38. The summed E-state index contributed by atoms with van der Waals surface area (Å²) in [4.78, 5) is 0. The van der Waals surface area contributed by atoms with E-state index < -0.39 is 0 Å². The van der Waals surface area contributed by atoms with Gasteiger partial charge < -0.3 is 5.32 Å². The van der Waals surface area contributed by atoms with Crippen LogP contribution in [0.15, 0.2) is 24.5 Å². The minimum absolute atomic E-state index is 0.623. The lowest BCUT2D eigenvalue weighted by Gasteiger charge is -2.16. The van der Waals surface area contributed by atoms with Gasteiger partial charge in [0.25, 0.3) is 0 Å². The molecule has 1 aromatic carbocycles. The van der Waals surface area contributed by atoms with Crippen molar-refractivity contribution in [3.63, 3.8) is 0 Å². The number of aryl methyl sites for hydroxylation is 1. The van der Waals surface area contributed by atoms with Crippen LogP contribution in [-0.2, 0) is 0 Å². The van der Waals surface area contributed by atoms with Crippen molar-refractivity contribution in [2.24, 2.45) is 5.92 Å². The van der Waals surface area contributed by atoms with Crippen LogP contribution in [0.25, 0.3) is 5.69 Å². The number of hydrogen-bond donors (Lipinski definition) is 1. The molecule has 5 nitrogen and oxygen atoms in total. The smallest absolute Gasteiger partial charge is 0.143 e. The summed E-state index contributed by atoms with van der Waals surface area (Å²) < 4.78 is 1.70. The molecule has 0 bridgehead atoms. The largest absolute Gasteiger partial charge is 0.382 e. The SMILES string of the molecule is CCC1CCC(Nc2ccc(-n3cnnn3)c(C)c2)C1. The van der Waals surface area contributed by atoms with Crippen LogP contribution in [-0.4, -0.2) is 26.2 Å². The summed E-state index contributed by atoms with van der Waals surface area (Å²) in [6, 6.07) is 6.98. The second kappa shape index (κ2) is 5.61. The Bertz CT molecular complexity index is 564. The van der Waals surface area contributed by atoms with Gasteiger partial charge in [0.15, 0.2) is 0 Å². The minimum Gasteiger partial charge on any atom is -0.382 e. The van der Waals surface area contributed by atoms with Crippen molar-refractivity contribution < 1.29 is 0 Å². The first-order chi connectivity index (χ1) is 9.76. The number of benzene rings is 1. The highest BCUT2D eigenvalue weighted by atomic mass is 15.5. The van der Waals surface area contributed by atoms with Crippen LogP contribution in [0, 0.1) is 12.8 Å². The van der Waals surface area contributed by atoms with E-state index >= 15 is 0 Å². The fraction of sp³-hybridized carbons (Fsp3) is 0.533. The number of nitrogens with zero attached hydrogens (tertiary/aromatic N) is 4. The van der Waals surface area contributed by atoms with E-state index in [1.54, 1.807) is 11.0 Å². The molecule has 106 valence electrons. The molecule has 5 heteroatoms. The number of aromatic nitrogens is 4. The zero-order chi connectivity index (χ0) is 13.9. The monoisotopic (exact) mass is 271 g/mol. The zero-order valence-corrected chi connectivity index (χ0v) is 12.1. The molecule has 1 aliphatic carbocycles. The molecule has 1 N–H and O–H groups in total. The van der Waals surface area contributed by atoms with Gasteiger partial charge in [-0.05, 0) is 66.3 Å². The number of nitrogens with one attached hydrogen (secondary N) is 1. The summed E-state index contributed by atoms with van der Waals surface area (Å²) >= 11 is 0. The van der Waals surface area contributed by atoms with Crippen molar-refractivity contribution in [2.75, 3.05) is 5.32 Å². The Morgan fingerprint density at radius 3 is 2.90 bits per heavy atom. The maximum Gasteiger partial charge on any atom is 0.143 e. The van der Waals surface area contributed by atoms with Gasteiger partial charge >= 0.3 is 0 Å². The molecule has 0 spiro atoms. The normalized spacial score (nSPS) is 22.1. The zero-order valence-electron chi connectivity index (χ0n) is 12.1. The van der Waals surface area contributed by atoms with Gasteiger partial charge in [-0.25, -0.2) is 4.68 Å². The first-order valence-electron chi connectivity index (χ1n) is 7.37. The molecule has 20 heavy (non-hydrogen) atoms. The van der Waals surface area contributed by atoms with Crippen molar-refractivity contribution in [3.8, 4) is 5.69 Å². The van der Waals surface area contributed by atoms with Gasteiger partial charge in [-0.15, -0.1) is 5.10 Å². The number of tetrazole rings is 1. The van der Waals surface area contributed by atoms with Crippen LogP contribution in [0.2, 0.25) is 0 Å². The third-order valence-electron chi connectivity index (χ3n) is 4.28. The van der Waals surface area contributed by atoms with E-state index in [0.29, 0.717) is 6.04 Å². The van der Waals surface area contributed by atoms with E-state index in [1.807, 2.05) is 0 Å². The number of anilines is 1. The molecule has 1 fully saturated rings. The highest BCUT2D eigenvalue weighted by molar-refractivity contribution is 5.53. The predicted molar refractivity (Wildman–Crippen MR) is 78.9 cm³/mol. The molecule has 1 aromatic heterocycles. The van der Waals surface area contributed by atoms with E-state index in [2.05, 4.69) is 52.9 Å². The Balaban J connectivity index is 1.71. The van der Waals surface area contributed by atoms with Gasteiger partial charge in [0.2, 0.25) is 0 Å². The van der Waals surface area contributed by atoms with Crippen LogP contribution in [0.5, 0.6) is 0 Å². The fourth-order valence-corrected chi connectivity index (χ4v) is 3.09.